The van der Waals surface area contributed by atoms with Crippen molar-refractivity contribution in [1.82, 2.24) is 4.90 Å². The molecule has 0 radical (unpaired) electrons. The molecule has 118 valence electrons. The molecule has 0 aliphatic rings. The van der Waals surface area contributed by atoms with Gasteiger partial charge in [0.05, 0.1) is 27.9 Å². The molecule has 0 aromatic heterocycles. The van der Waals surface area contributed by atoms with E-state index in [-0.39, 0.29) is 22.5 Å². The standard InChI is InChI=1S/C14H19Cl3N2O2/c1-4-19(8-14(2,3)21)7-12(20)18-13-10(16)5-9(15)6-11(13)17/h5-6,21H,4,7-8H2,1-3H3,(H,18,20). The van der Waals surface area contributed by atoms with Gasteiger partial charge in [-0.15, -0.1) is 0 Å². The Balaban J connectivity index is 2.73. The van der Waals surface area contributed by atoms with Crippen LogP contribution >= 0.6 is 34.8 Å². The van der Waals surface area contributed by atoms with Crippen LogP contribution in [0.3, 0.4) is 0 Å². The maximum Gasteiger partial charge on any atom is 0.238 e. The second kappa shape index (κ2) is 7.65. The van der Waals surface area contributed by atoms with Crippen molar-refractivity contribution in [2.24, 2.45) is 0 Å². The summed E-state index contributed by atoms with van der Waals surface area (Å²) in [6, 6.07) is 3.03. The first-order chi connectivity index (χ1) is 9.62. The molecule has 21 heavy (non-hydrogen) atoms. The lowest BCUT2D eigenvalue weighted by Crippen LogP contribution is -2.42. The number of halogens is 3. The number of nitrogens with zero attached hydrogens (tertiary/aromatic N) is 1. The predicted octanol–water partition coefficient (Wildman–Crippen LogP) is 3.68. The first-order valence-electron chi connectivity index (χ1n) is 6.51. The summed E-state index contributed by atoms with van der Waals surface area (Å²) in [5.41, 5.74) is -0.529. The number of carbonyl (C=O) groups excluding carboxylic acids is 1. The largest absolute Gasteiger partial charge is 0.389 e. The molecule has 1 aromatic carbocycles. The predicted molar refractivity (Wildman–Crippen MR) is 88.5 cm³/mol. The molecule has 1 amide bonds. The first-order valence-corrected chi connectivity index (χ1v) is 7.65. The molecule has 0 bridgehead atoms. The first kappa shape index (κ1) is 18.5. The van der Waals surface area contributed by atoms with Gasteiger partial charge in [0.2, 0.25) is 5.91 Å². The minimum absolute atomic E-state index is 0.135. The van der Waals surface area contributed by atoms with Gasteiger partial charge in [-0.3, -0.25) is 9.69 Å². The van der Waals surface area contributed by atoms with Crippen molar-refractivity contribution < 1.29 is 9.90 Å². The molecular formula is C14H19Cl3N2O2. The zero-order valence-electron chi connectivity index (χ0n) is 12.2. The molecule has 0 heterocycles. The zero-order valence-corrected chi connectivity index (χ0v) is 14.5. The maximum absolute atomic E-state index is 12.1. The van der Waals surface area contributed by atoms with Crippen LogP contribution in [-0.4, -0.2) is 41.1 Å². The van der Waals surface area contributed by atoms with Crippen LogP contribution in [0.4, 0.5) is 5.69 Å². The number of likely N-dealkylation sites (N-methyl/N-ethyl adjacent to an activating group) is 1. The second-order valence-corrected chi connectivity index (χ2v) is 6.66. The Morgan fingerprint density at radius 2 is 1.81 bits per heavy atom. The summed E-state index contributed by atoms with van der Waals surface area (Å²) in [6.07, 6.45) is 0. The lowest BCUT2D eigenvalue weighted by Gasteiger charge is -2.27. The summed E-state index contributed by atoms with van der Waals surface area (Å²) in [7, 11) is 0. The van der Waals surface area contributed by atoms with Gasteiger partial charge in [0.15, 0.2) is 0 Å². The third-order valence-electron chi connectivity index (χ3n) is 2.70. The van der Waals surface area contributed by atoms with Crippen molar-refractivity contribution in [2.75, 3.05) is 25.0 Å². The van der Waals surface area contributed by atoms with Crippen molar-refractivity contribution in [3.05, 3.63) is 27.2 Å². The van der Waals surface area contributed by atoms with Gasteiger partial charge in [0.1, 0.15) is 0 Å². The van der Waals surface area contributed by atoms with E-state index in [1.807, 2.05) is 11.8 Å². The van der Waals surface area contributed by atoms with Crippen LogP contribution in [0.15, 0.2) is 12.1 Å². The van der Waals surface area contributed by atoms with Crippen LogP contribution < -0.4 is 5.32 Å². The quantitative estimate of drug-likeness (QED) is 0.820. The number of hydrogen-bond donors (Lipinski definition) is 2. The Labute approximate surface area is 140 Å². The fourth-order valence-corrected chi connectivity index (χ4v) is 2.78. The van der Waals surface area contributed by atoms with Gasteiger partial charge in [-0.25, -0.2) is 0 Å². The molecule has 7 heteroatoms. The zero-order chi connectivity index (χ0) is 16.2. The number of nitrogens with one attached hydrogen (secondary N) is 1. The number of hydrogen-bond acceptors (Lipinski definition) is 3. The van der Waals surface area contributed by atoms with Crippen molar-refractivity contribution in [1.29, 1.82) is 0 Å². The summed E-state index contributed by atoms with van der Waals surface area (Å²) >= 11 is 17.9. The van der Waals surface area contributed by atoms with Crippen LogP contribution in [0.5, 0.6) is 0 Å². The van der Waals surface area contributed by atoms with E-state index in [9.17, 15) is 9.90 Å². The minimum Gasteiger partial charge on any atom is -0.389 e. The van der Waals surface area contributed by atoms with E-state index in [0.29, 0.717) is 23.8 Å². The third kappa shape index (κ3) is 6.41. The second-order valence-electron chi connectivity index (χ2n) is 5.41. The molecular weight excluding hydrogens is 335 g/mol. The Kier molecular flexibility index (Phi) is 6.75. The van der Waals surface area contributed by atoms with Gasteiger partial charge in [-0.05, 0) is 32.5 Å². The van der Waals surface area contributed by atoms with Crippen LogP contribution in [0.1, 0.15) is 20.8 Å². The topological polar surface area (TPSA) is 52.6 Å². The van der Waals surface area contributed by atoms with E-state index >= 15 is 0 Å². The summed E-state index contributed by atoms with van der Waals surface area (Å²) in [4.78, 5) is 13.9. The van der Waals surface area contributed by atoms with Crippen molar-refractivity contribution in [3.63, 3.8) is 0 Å². The highest BCUT2D eigenvalue weighted by molar-refractivity contribution is 6.42. The number of benzene rings is 1. The van der Waals surface area contributed by atoms with E-state index in [0.717, 1.165) is 0 Å². The Morgan fingerprint density at radius 1 is 1.29 bits per heavy atom. The molecule has 0 aliphatic carbocycles. The number of carbonyl (C=O) groups is 1. The van der Waals surface area contributed by atoms with Crippen LogP contribution in [0.2, 0.25) is 15.1 Å². The van der Waals surface area contributed by atoms with Gasteiger partial charge in [0.25, 0.3) is 0 Å². The monoisotopic (exact) mass is 352 g/mol. The summed E-state index contributed by atoms with van der Waals surface area (Å²) in [5, 5.41) is 13.5. The lowest BCUT2D eigenvalue weighted by molar-refractivity contribution is -0.117. The van der Waals surface area contributed by atoms with Crippen LogP contribution in [-0.2, 0) is 4.79 Å². The maximum atomic E-state index is 12.1. The number of rotatable bonds is 6. The summed E-state index contributed by atoms with van der Waals surface area (Å²) < 4.78 is 0. The number of anilines is 1. The van der Waals surface area contributed by atoms with Gasteiger partial charge in [-0.2, -0.15) is 0 Å². The molecule has 4 nitrogen and oxygen atoms in total. The highest BCUT2D eigenvalue weighted by Crippen LogP contribution is 2.33. The minimum atomic E-state index is -0.869. The molecule has 1 aromatic rings. The molecule has 0 saturated carbocycles. The van der Waals surface area contributed by atoms with Crippen molar-refractivity contribution in [2.45, 2.75) is 26.4 Å². The lowest BCUT2D eigenvalue weighted by atomic mass is 10.1. The normalized spacial score (nSPS) is 11.8. The number of amides is 1. The smallest absolute Gasteiger partial charge is 0.238 e. The third-order valence-corrected chi connectivity index (χ3v) is 3.51. The SMILES string of the molecule is CCN(CC(=O)Nc1c(Cl)cc(Cl)cc1Cl)CC(C)(C)O. The van der Waals surface area contributed by atoms with Gasteiger partial charge in [0, 0.05) is 11.6 Å². The fourth-order valence-electron chi connectivity index (χ4n) is 1.87. The molecule has 2 N–H and O–H groups in total. The molecule has 0 spiro atoms. The molecule has 0 atom stereocenters. The average Bonchev–Trinajstić information content (AvgIpc) is 2.31. The highest BCUT2D eigenvalue weighted by atomic mass is 35.5. The van der Waals surface area contributed by atoms with E-state index in [1.165, 1.54) is 12.1 Å². The highest BCUT2D eigenvalue weighted by Gasteiger charge is 2.20. The van der Waals surface area contributed by atoms with Crippen molar-refractivity contribution in [3.8, 4) is 0 Å². The Bertz CT molecular complexity index is 492. The molecule has 0 saturated heterocycles. The number of aliphatic hydroxyl groups is 1. The van der Waals surface area contributed by atoms with E-state index < -0.39 is 5.60 Å². The molecule has 0 fully saturated rings. The van der Waals surface area contributed by atoms with Crippen LogP contribution in [0, 0.1) is 0 Å². The van der Waals surface area contributed by atoms with Gasteiger partial charge in [-0.1, -0.05) is 41.7 Å². The molecule has 0 unspecified atom stereocenters. The van der Waals surface area contributed by atoms with Crippen molar-refractivity contribution >= 4 is 46.4 Å². The summed E-state index contributed by atoms with van der Waals surface area (Å²) in [5.74, 6) is -0.257. The molecule has 1 rings (SSSR count). The van der Waals surface area contributed by atoms with Crippen LogP contribution in [0.25, 0.3) is 0 Å². The fraction of sp³-hybridized carbons (Fsp3) is 0.500. The Morgan fingerprint density at radius 3 is 2.24 bits per heavy atom. The van der Waals surface area contributed by atoms with Gasteiger partial charge >= 0.3 is 0 Å². The van der Waals surface area contributed by atoms with E-state index in [2.05, 4.69) is 5.32 Å². The average molecular weight is 354 g/mol. The van der Waals surface area contributed by atoms with Gasteiger partial charge < -0.3 is 10.4 Å². The van der Waals surface area contributed by atoms with E-state index in [1.54, 1.807) is 13.8 Å². The Hall–Kier alpha value is -0.520. The van der Waals surface area contributed by atoms with E-state index in [4.69, 9.17) is 34.8 Å². The summed E-state index contributed by atoms with van der Waals surface area (Å²) in [6.45, 7) is 6.47. The molecule has 0 aliphatic heterocycles.